The van der Waals surface area contributed by atoms with Crippen LogP contribution in [0.1, 0.15) is 25.5 Å². The second kappa shape index (κ2) is 7.61. The molecule has 0 saturated carbocycles. The minimum absolute atomic E-state index is 0.358. The number of carboxylic acids is 1. The predicted molar refractivity (Wildman–Crippen MR) is 81.7 cm³/mol. The Balaban J connectivity index is 1.99. The first-order valence-corrected chi connectivity index (χ1v) is 7.19. The number of aromatic nitrogens is 1. The molecule has 0 saturated heterocycles. The third-order valence-electron chi connectivity index (χ3n) is 3.29. The zero-order valence-electron chi connectivity index (χ0n) is 12.7. The monoisotopic (exact) mass is 304 g/mol. The lowest BCUT2D eigenvalue weighted by Crippen LogP contribution is -2.36. The molecule has 2 rings (SSSR count). The van der Waals surface area contributed by atoms with Gasteiger partial charge in [-0.05, 0) is 30.7 Å². The summed E-state index contributed by atoms with van der Waals surface area (Å²) in [5.74, 6) is 0.420. The van der Waals surface area contributed by atoms with Crippen molar-refractivity contribution in [1.82, 2.24) is 10.3 Å². The van der Waals surface area contributed by atoms with E-state index in [1.165, 1.54) is 6.26 Å². The van der Waals surface area contributed by atoms with Crippen LogP contribution in [0, 0.1) is 0 Å². The van der Waals surface area contributed by atoms with Crippen LogP contribution in [0.2, 0.25) is 0 Å². The topological polar surface area (TPSA) is 84.6 Å². The van der Waals surface area contributed by atoms with Crippen LogP contribution < -0.4 is 10.1 Å². The van der Waals surface area contributed by atoms with Crippen molar-refractivity contribution in [2.24, 2.45) is 0 Å². The van der Waals surface area contributed by atoms with Crippen molar-refractivity contribution >= 4 is 5.97 Å². The van der Waals surface area contributed by atoms with E-state index < -0.39 is 12.0 Å². The van der Waals surface area contributed by atoms with E-state index in [4.69, 9.17) is 14.3 Å². The first kappa shape index (κ1) is 16.0. The maximum Gasteiger partial charge on any atom is 0.320 e. The number of hydrogen-bond donors (Lipinski definition) is 2. The highest BCUT2D eigenvalue weighted by Crippen LogP contribution is 2.21. The fourth-order valence-electron chi connectivity index (χ4n) is 2.08. The summed E-state index contributed by atoms with van der Waals surface area (Å²) in [7, 11) is 1.61. The third kappa shape index (κ3) is 4.08. The average Bonchev–Trinajstić information content (AvgIpc) is 3.00. The van der Waals surface area contributed by atoms with Gasteiger partial charge in [-0.2, -0.15) is 0 Å². The van der Waals surface area contributed by atoms with E-state index >= 15 is 0 Å². The molecule has 0 aliphatic rings. The number of rotatable bonds is 8. The smallest absolute Gasteiger partial charge is 0.320 e. The van der Waals surface area contributed by atoms with Crippen molar-refractivity contribution in [1.29, 1.82) is 0 Å². The molecule has 1 atom stereocenters. The number of nitrogens with one attached hydrogen (secondary N) is 1. The molecule has 0 amide bonds. The molecule has 0 spiro atoms. The third-order valence-corrected chi connectivity index (χ3v) is 3.29. The van der Waals surface area contributed by atoms with Crippen molar-refractivity contribution in [3.8, 4) is 17.2 Å². The number of methoxy groups -OCH3 is 1. The van der Waals surface area contributed by atoms with E-state index in [1.54, 1.807) is 7.11 Å². The summed E-state index contributed by atoms with van der Waals surface area (Å²) in [4.78, 5) is 15.4. The largest absolute Gasteiger partial charge is 0.497 e. The highest BCUT2D eigenvalue weighted by Gasteiger charge is 2.16. The molecule has 6 heteroatoms. The zero-order chi connectivity index (χ0) is 15.9. The lowest BCUT2D eigenvalue weighted by Gasteiger charge is -2.11. The van der Waals surface area contributed by atoms with E-state index in [9.17, 15) is 4.79 Å². The van der Waals surface area contributed by atoms with Crippen LogP contribution in [0.4, 0.5) is 0 Å². The maximum atomic E-state index is 11.1. The van der Waals surface area contributed by atoms with Crippen molar-refractivity contribution in [2.75, 3.05) is 7.11 Å². The number of carbonyl (C=O) groups is 1. The van der Waals surface area contributed by atoms with Gasteiger partial charge in [-0.3, -0.25) is 10.1 Å². The van der Waals surface area contributed by atoms with Crippen LogP contribution in [0.5, 0.6) is 5.75 Å². The Morgan fingerprint density at radius 3 is 2.73 bits per heavy atom. The van der Waals surface area contributed by atoms with Crippen molar-refractivity contribution < 1.29 is 19.1 Å². The molecule has 2 aromatic rings. The minimum Gasteiger partial charge on any atom is -0.497 e. The Hall–Kier alpha value is -2.34. The number of oxazole rings is 1. The molecular weight excluding hydrogens is 284 g/mol. The standard InChI is InChI=1S/C16H20N2O4/c1-3-4-14(16(19)20)17-9-12-10-22-15(18-12)11-5-7-13(21-2)8-6-11/h5-8,10,14,17H,3-4,9H2,1-2H3,(H,19,20). The lowest BCUT2D eigenvalue weighted by molar-refractivity contribution is -0.139. The summed E-state index contributed by atoms with van der Waals surface area (Å²) in [6.45, 7) is 2.31. The summed E-state index contributed by atoms with van der Waals surface area (Å²) in [6.07, 6.45) is 2.93. The number of carboxylic acid groups (broad SMARTS) is 1. The molecule has 1 aromatic carbocycles. The van der Waals surface area contributed by atoms with Crippen molar-refractivity contribution in [3.05, 3.63) is 36.2 Å². The van der Waals surface area contributed by atoms with Gasteiger partial charge in [0.05, 0.1) is 12.8 Å². The molecule has 0 aliphatic carbocycles. The molecule has 1 unspecified atom stereocenters. The van der Waals surface area contributed by atoms with Crippen molar-refractivity contribution in [2.45, 2.75) is 32.4 Å². The van der Waals surface area contributed by atoms with Crippen LogP contribution in [0.3, 0.4) is 0 Å². The fourth-order valence-corrected chi connectivity index (χ4v) is 2.08. The molecule has 2 N–H and O–H groups in total. The number of aliphatic carboxylic acids is 1. The molecule has 118 valence electrons. The first-order chi connectivity index (χ1) is 10.6. The van der Waals surface area contributed by atoms with E-state index in [-0.39, 0.29) is 0 Å². The Bertz CT molecular complexity index is 607. The van der Waals surface area contributed by atoms with Gasteiger partial charge in [-0.15, -0.1) is 0 Å². The van der Waals surface area contributed by atoms with Gasteiger partial charge < -0.3 is 14.3 Å². The Morgan fingerprint density at radius 2 is 2.14 bits per heavy atom. The molecule has 0 fully saturated rings. The minimum atomic E-state index is -0.847. The van der Waals surface area contributed by atoms with Gasteiger partial charge in [0.2, 0.25) is 5.89 Å². The molecule has 6 nitrogen and oxygen atoms in total. The molecule has 1 aromatic heterocycles. The maximum absolute atomic E-state index is 11.1. The quantitative estimate of drug-likeness (QED) is 0.780. The number of hydrogen-bond acceptors (Lipinski definition) is 5. The first-order valence-electron chi connectivity index (χ1n) is 7.19. The van der Waals surface area contributed by atoms with Crippen molar-refractivity contribution in [3.63, 3.8) is 0 Å². The van der Waals surface area contributed by atoms with Crippen LogP contribution in [-0.2, 0) is 11.3 Å². The van der Waals surface area contributed by atoms with Crippen LogP contribution in [0.15, 0.2) is 34.9 Å². The fraction of sp³-hybridized carbons (Fsp3) is 0.375. The Morgan fingerprint density at radius 1 is 1.41 bits per heavy atom. The lowest BCUT2D eigenvalue weighted by atomic mass is 10.1. The SMILES string of the molecule is CCCC(NCc1coc(-c2ccc(OC)cc2)n1)C(=O)O. The van der Waals surface area contributed by atoms with E-state index in [0.29, 0.717) is 24.6 Å². The summed E-state index contributed by atoms with van der Waals surface area (Å²) >= 11 is 0. The van der Waals surface area contributed by atoms with E-state index in [2.05, 4.69) is 10.3 Å². The van der Waals surface area contributed by atoms with E-state index in [0.717, 1.165) is 17.7 Å². The second-order valence-electron chi connectivity index (χ2n) is 4.93. The summed E-state index contributed by atoms with van der Waals surface area (Å²) in [5, 5.41) is 12.1. The predicted octanol–water partition coefficient (Wildman–Crippen LogP) is 2.69. The summed E-state index contributed by atoms with van der Waals surface area (Å²) in [5.41, 5.74) is 1.52. The Kier molecular flexibility index (Phi) is 5.55. The van der Waals surface area contributed by atoms with Gasteiger partial charge in [0.1, 0.15) is 18.1 Å². The number of nitrogens with zero attached hydrogens (tertiary/aromatic N) is 1. The zero-order valence-corrected chi connectivity index (χ0v) is 12.7. The number of ether oxygens (including phenoxy) is 1. The van der Waals surface area contributed by atoms with Gasteiger partial charge in [0, 0.05) is 12.1 Å². The highest BCUT2D eigenvalue weighted by molar-refractivity contribution is 5.73. The molecule has 0 bridgehead atoms. The average molecular weight is 304 g/mol. The van der Waals surface area contributed by atoms with Crippen LogP contribution in [-0.4, -0.2) is 29.2 Å². The van der Waals surface area contributed by atoms with Crippen LogP contribution in [0.25, 0.3) is 11.5 Å². The second-order valence-corrected chi connectivity index (χ2v) is 4.93. The summed E-state index contributed by atoms with van der Waals surface area (Å²) in [6, 6.07) is 6.82. The van der Waals surface area contributed by atoms with Gasteiger partial charge in [-0.1, -0.05) is 13.3 Å². The molecule has 22 heavy (non-hydrogen) atoms. The van der Waals surface area contributed by atoms with E-state index in [1.807, 2.05) is 31.2 Å². The van der Waals surface area contributed by atoms with Gasteiger partial charge in [0.15, 0.2) is 0 Å². The van der Waals surface area contributed by atoms with Gasteiger partial charge in [0.25, 0.3) is 0 Å². The normalized spacial score (nSPS) is 12.1. The Labute approximate surface area is 129 Å². The van der Waals surface area contributed by atoms with Gasteiger partial charge in [-0.25, -0.2) is 4.98 Å². The molecule has 0 radical (unpaired) electrons. The number of benzene rings is 1. The highest BCUT2D eigenvalue weighted by atomic mass is 16.5. The molecular formula is C16H20N2O4. The van der Waals surface area contributed by atoms with Crippen LogP contribution >= 0.6 is 0 Å². The molecule has 0 aliphatic heterocycles. The summed E-state index contributed by atoms with van der Waals surface area (Å²) < 4.78 is 10.5. The molecule has 1 heterocycles. The van der Waals surface area contributed by atoms with Gasteiger partial charge >= 0.3 is 5.97 Å².